The van der Waals surface area contributed by atoms with Gasteiger partial charge in [0.1, 0.15) is 0 Å². The van der Waals surface area contributed by atoms with Gasteiger partial charge in [-0.25, -0.2) is 4.79 Å². The van der Waals surface area contributed by atoms with Crippen LogP contribution in [0.3, 0.4) is 0 Å². The maximum Gasteiger partial charge on any atom is 0.330 e. The summed E-state index contributed by atoms with van der Waals surface area (Å²) in [7, 11) is -2.91. The quantitative estimate of drug-likeness (QED) is 0.285. The van der Waals surface area contributed by atoms with Gasteiger partial charge in [-0.15, -0.1) is 6.42 Å². The number of carbonyl (C=O) groups is 1. The number of terminal acetylenes is 1. The first kappa shape index (κ1) is 27.3. The number of esters is 1. The molecule has 2 heterocycles. The normalized spacial score (nSPS) is 21.6. The molecule has 1 N–H and O–H groups in total. The highest BCUT2D eigenvalue weighted by molar-refractivity contribution is 6.99. The van der Waals surface area contributed by atoms with Gasteiger partial charge >= 0.3 is 11.7 Å². The van der Waals surface area contributed by atoms with E-state index in [1.165, 1.54) is 23.8 Å². The van der Waals surface area contributed by atoms with Crippen molar-refractivity contribution in [2.45, 2.75) is 51.2 Å². The fourth-order valence-electron chi connectivity index (χ4n) is 5.22. The van der Waals surface area contributed by atoms with E-state index in [2.05, 4.69) is 55.9 Å². The molecule has 2 aromatic carbocycles. The molecule has 9 heteroatoms. The van der Waals surface area contributed by atoms with E-state index in [9.17, 15) is 14.4 Å². The van der Waals surface area contributed by atoms with Gasteiger partial charge in [0.15, 0.2) is 12.3 Å². The second-order valence-corrected chi connectivity index (χ2v) is 14.6. The predicted molar refractivity (Wildman–Crippen MR) is 147 cm³/mol. The highest BCUT2D eigenvalue weighted by Gasteiger charge is 2.53. The van der Waals surface area contributed by atoms with Crippen molar-refractivity contribution in [1.82, 2.24) is 9.55 Å². The second-order valence-electron chi connectivity index (χ2n) is 10.3. The van der Waals surface area contributed by atoms with Crippen LogP contribution >= 0.6 is 0 Å². The van der Waals surface area contributed by atoms with E-state index in [1.807, 2.05) is 36.4 Å². The molecule has 0 bridgehead atoms. The molecule has 3 aromatic rings. The summed E-state index contributed by atoms with van der Waals surface area (Å²) < 4.78 is 20.0. The molecule has 1 aromatic heterocycles. The maximum atomic E-state index is 12.6. The predicted octanol–water partition coefficient (Wildman–Crippen LogP) is 2.19. The van der Waals surface area contributed by atoms with Gasteiger partial charge < -0.3 is 13.9 Å². The van der Waals surface area contributed by atoms with E-state index in [-0.39, 0.29) is 11.6 Å². The number of benzene rings is 2. The molecule has 1 fully saturated rings. The van der Waals surface area contributed by atoms with Crippen LogP contribution in [0.2, 0.25) is 5.04 Å². The van der Waals surface area contributed by atoms with Gasteiger partial charge in [0, 0.05) is 19.2 Å². The Morgan fingerprint density at radius 3 is 2.11 bits per heavy atom. The molecule has 8 nitrogen and oxygen atoms in total. The lowest BCUT2D eigenvalue weighted by atomic mass is 9.99. The van der Waals surface area contributed by atoms with Crippen molar-refractivity contribution in [3.63, 3.8) is 0 Å². The number of hydrogen-bond acceptors (Lipinski definition) is 6. The zero-order chi connectivity index (χ0) is 27.5. The number of aromatic amines is 1. The van der Waals surface area contributed by atoms with Gasteiger partial charge in [-0.1, -0.05) is 87.4 Å². The molecule has 0 spiro atoms. The molecular weight excluding hydrogens is 500 g/mol. The van der Waals surface area contributed by atoms with Crippen molar-refractivity contribution in [3.8, 4) is 12.3 Å². The third-order valence-corrected chi connectivity index (χ3v) is 11.9. The van der Waals surface area contributed by atoms with Crippen LogP contribution < -0.4 is 21.6 Å². The Morgan fingerprint density at radius 1 is 1.05 bits per heavy atom. The van der Waals surface area contributed by atoms with Gasteiger partial charge in [-0.3, -0.25) is 19.1 Å². The van der Waals surface area contributed by atoms with Crippen LogP contribution in [0.15, 0.2) is 82.5 Å². The summed E-state index contributed by atoms with van der Waals surface area (Å²) in [4.78, 5) is 38.4. The number of nitrogens with one attached hydrogen (secondary N) is 1. The lowest BCUT2D eigenvalue weighted by Gasteiger charge is -2.43. The van der Waals surface area contributed by atoms with E-state index in [0.29, 0.717) is 0 Å². The molecule has 0 radical (unpaired) electrons. The Hall–Kier alpha value is -3.71. The van der Waals surface area contributed by atoms with Crippen LogP contribution in [0.4, 0.5) is 0 Å². The van der Waals surface area contributed by atoms with Crippen LogP contribution in [0, 0.1) is 18.3 Å². The zero-order valence-electron chi connectivity index (χ0n) is 21.9. The lowest BCUT2D eigenvalue weighted by Crippen LogP contribution is -2.67. The van der Waals surface area contributed by atoms with Crippen molar-refractivity contribution in [3.05, 3.63) is 93.8 Å². The molecule has 1 saturated heterocycles. The first-order chi connectivity index (χ1) is 18.1. The number of H-pyrrole nitrogens is 1. The summed E-state index contributed by atoms with van der Waals surface area (Å²) in [6.45, 7) is 7.87. The summed E-state index contributed by atoms with van der Waals surface area (Å²) in [5.41, 5.74) is -1.24. The molecule has 1 aliphatic heterocycles. The lowest BCUT2D eigenvalue weighted by molar-refractivity contribution is -0.153. The molecule has 0 aliphatic carbocycles. The molecule has 4 rings (SSSR count). The molecule has 0 amide bonds. The van der Waals surface area contributed by atoms with E-state index in [4.69, 9.17) is 20.3 Å². The Morgan fingerprint density at radius 2 is 1.63 bits per heavy atom. The van der Waals surface area contributed by atoms with E-state index in [1.54, 1.807) is 0 Å². The molecule has 38 heavy (non-hydrogen) atoms. The third kappa shape index (κ3) is 5.16. The number of aromatic nitrogens is 2. The standard InChI is InChI=1S/C29H32N2O6Si/c1-6-23-24(37-27(26(23)36-20(2)32)31-18-17-25(33)30-28(31)34)19-35-38(29(3,4)5,21-13-9-7-10-14-21)22-15-11-8-12-16-22/h1,7-18,23-24,26-27H,19H2,2-5H3,(H,30,33,34)/t23-,24-,26-,27-/m1/s1. The summed E-state index contributed by atoms with van der Waals surface area (Å²) in [6.07, 6.45) is 4.57. The van der Waals surface area contributed by atoms with Gasteiger partial charge in [-0.2, -0.15) is 0 Å². The fraction of sp³-hybridized carbons (Fsp3) is 0.345. The Kier molecular flexibility index (Phi) is 7.88. The smallest absolute Gasteiger partial charge is 0.330 e. The monoisotopic (exact) mass is 532 g/mol. The summed E-state index contributed by atoms with van der Waals surface area (Å²) in [5.74, 6) is 1.45. The SMILES string of the molecule is C#C[C@H]1[C@@H](OC(C)=O)[C@H](n2ccc(=O)[nH]c2=O)O[C@@H]1CO[Si](c1ccccc1)(c1ccccc1)C(C)(C)C. The third-order valence-electron chi connectivity index (χ3n) is 6.85. The molecule has 0 saturated carbocycles. The second kappa shape index (κ2) is 11.0. The maximum absolute atomic E-state index is 12.6. The van der Waals surface area contributed by atoms with E-state index >= 15 is 0 Å². The van der Waals surface area contributed by atoms with Crippen molar-refractivity contribution in [2.75, 3.05) is 6.61 Å². The number of hydrogen-bond donors (Lipinski definition) is 1. The topological polar surface area (TPSA) is 99.6 Å². The summed E-state index contributed by atoms with van der Waals surface area (Å²) in [6, 6.07) is 21.5. The van der Waals surface area contributed by atoms with Gasteiger partial charge in [-0.05, 0) is 15.4 Å². The summed E-state index contributed by atoms with van der Waals surface area (Å²) in [5, 5.41) is 1.92. The first-order valence-electron chi connectivity index (χ1n) is 12.4. The van der Waals surface area contributed by atoms with Crippen molar-refractivity contribution >= 4 is 24.7 Å². The Labute approximate surface area is 222 Å². The number of carbonyl (C=O) groups excluding carboxylic acids is 1. The molecule has 4 atom stereocenters. The van der Waals surface area contributed by atoms with Crippen molar-refractivity contribution < 1.29 is 18.7 Å². The highest BCUT2D eigenvalue weighted by atomic mass is 28.4. The molecular formula is C29H32N2O6Si. The summed E-state index contributed by atoms with van der Waals surface area (Å²) >= 11 is 0. The van der Waals surface area contributed by atoms with Crippen molar-refractivity contribution in [1.29, 1.82) is 0 Å². The van der Waals surface area contributed by atoms with Gasteiger partial charge in [0.05, 0.1) is 18.6 Å². The van der Waals surface area contributed by atoms with E-state index < -0.39 is 49.9 Å². The van der Waals surface area contributed by atoms with Crippen molar-refractivity contribution in [2.24, 2.45) is 5.92 Å². The average molecular weight is 533 g/mol. The first-order valence-corrected chi connectivity index (χ1v) is 14.3. The Balaban J connectivity index is 1.76. The zero-order valence-corrected chi connectivity index (χ0v) is 22.9. The van der Waals surface area contributed by atoms with Gasteiger partial charge in [0.2, 0.25) is 0 Å². The minimum absolute atomic E-state index is 0.106. The minimum atomic E-state index is -2.91. The van der Waals surface area contributed by atoms with Crippen LogP contribution in [-0.4, -0.2) is 42.7 Å². The van der Waals surface area contributed by atoms with Crippen LogP contribution in [0.5, 0.6) is 0 Å². The molecule has 0 unspecified atom stereocenters. The minimum Gasteiger partial charge on any atom is -0.456 e. The highest BCUT2D eigenvalue weighted by Crippen LogP contribution is 2.40. The van der Waals surface area contributed by atoms with Crippen LogP contribution in [-0.2, 0) is 18.7 Å². The molecule has 198 valence electrons. The average Bonchev–Trinajstić information content (AvgIpc) is 3.21. The largest absolute Gasteiger partial charge is 0.456 e. The number of ether oxygens (including phenoxy) is 2. The van der Waals surface area contributed by atoms with E-state index in [0.717, 1.165) is 10.4 Å². The molecule has 1 aliphatic rings. The van der Waals surface area contributed by atoms with Gasteiger partial charge in [0.25, 0.3) is 13.9 Å². The van der Waals surface area contributed by atoms with Crippen LogP contribution in [0.25, 0.3) is 0 Å². The number of nitrogens with zero attached hydrogens (tertiary/aromatic N) is 1. The Bertz CT molecular complexity index is 1380. The fourth-order valence-corrected chi connectivity index (χ4v) is 9.79. The number of rotatable bonds is 7. The van der Waals surface area contributed by atoms with Crippen LogP contribution in [0.1, 0.15) is 33.9 Å².